The first-order chi connectivity index (χ1) is 17.2. The number of amides is 1. The van der Waals surface area contributed by atoms with Gasteiger partial charge in [-0.05, 0) is 49.4 Å². The van der Waals surface area contributed by atoms with Crippen LogP contribution in [-0.4, -0.2) is 39.1 Å². The third-order valence-electron chi connectivity index (χ3n) is 6.10. The minimum Gasteiger partial charge on any atom is -0.385 e. The Morgan fingerprint density at radius 1 is 1.25 bits per heavy atom. The lowest BCUT2D eigenvalue weighted by Crippen LogP contribution is -2.27. The van der Waals surface area contributed by atoms with Crippen LogP contribution in [0.15, 0.2) is 59.7 Å². The maximum absolute atomic E-state index is 13.3. The van der Waals surface area contributed by atoms with Gasteiger partial charge in [0.05, 0.1) is 22.3 Å². The third-order valence-corrected chi connectivity index (χ3v) is 7.36. The lowest BCUT2D eigenvalue weighted by Gasteiger charge is -2.20. The molecule has 0 fully saturated rings. The molecule has 2 N–H and O–H groups in total. The summed E-state index contributed by atoms with van der Waals surface area (Å²) in [6.45, 7) is 3.23. The molecule has 36 heavy (non-hydrogen) atoms. The molecule has 4 rings (SSSR count). The number of halogens is 1. The lowest BCUT2D eigenvalue weighted by atomic mass is 10.1. The van der Waals surface area contributed by atoms with E-state index >= 15 is 0 Å². The summed E-state index contributed by atoms with van der Waals surface area (Å²) < 4.78 is 15.6. The molecule has 188 valence electrons. The van der Waals surface area contributed by atoms with Crippen molar-refractivity contribution in [1.29, 1.82) is 0 Å². The van der Waals surface area contributed by atoms with Crippen molar-refractivity contribution in [3.8, 4) is 0 Å². The van der Waals surface area contributed by atoms with E-state index in [1.165, 1.54) is 23.5 Å². The lowest BCUT2D eigenvalue weighted by molar-refractivity contribution is -0.120. The van der Waals surface area contributed by atoms with Crippen LogP contribution in [0.4, 0.5) is 4.39 Å². The predicted octanol–water partition coefficient (Wildman–Crippen LogP) is 3.47. The third kappa shape index (κ3) is 5.87. The molecular weight excluding hydrogens is 479 g/mol. The number of carbonyl (C=O) groups is 1. The number of aromatic nitrogens is 2. The first kappa shape index (κ1) is 25.7. The standard InChI is InChI=1S/C27H29FN4O3S/c1-17-23(16-31(2)15-22(33)21-6-4-5-11-29-21)36-27-25(17)32(3)14-19(26(27)35)12-24(34)30-13-18-7-9-20(28)10-8-18/h4-11,14,22,33H,12-13,15-16H2,1-3H3,(H,30,34). The van der Waals surface area contributed by atoms with E-state index in [0.29, 0.717) is 29.0 Å². The average molecular weight is 509 g/mol. The van der Waals surface area contributed by atoms with Crippen LogP contribution in [0.25, 0.3) is 10.2 Å². The number of thiophene rings is 1. The van der Waals surface area contributed by atoms with Crippen LogP contribution in [0.1, 0.15) is 33.4 Å². The van der Waals surface area contributed by atoms with E-state index in [2.05, 4.69) is 10.3 Å². The molecule has 4 aromatic rings. The van der Waals surface area contributed by atoms with Gasteiger partial charge >= 0.3 is 0 Å². The minimum atomic E-state index is -0.711. The molecule has 3 aromatic heterocycles. The molecule has 0 radical (unpaired) electrons. The monoisotopic (exact) mass is 508 g/mol. The zero-order valence-corrected chi connectivity index (χ0v) is 21.3. The number of rotatable bonds is 9. The summed E-state index contributed by atoms with van der Waals surface area (Å²) in [6.07, 6.45) is 2.63. The molecule has 0 spiro atoms. The first-order valence-corrected chi connectivity index (χ1v) is 12.4. The second-order valence-corrected chi connectivity index (χ2v) is 10.1. The van der Waals surface area contributed by atoms with Gasteiger partial charge in [0.25, 0.3) is 0 Å². The van der Waals surface area contributed by atoms with Crippen LogP contribution in [-0.2, 0) is 31.4 Å². The smallest absolute Gasteiger partial charge is 0.224 e. The van der Waals surface area contributed by atoms with Crippen molar-refractivity contribution in [2.45, 2.75) is 32.5 Å². The highest BCUT2D eigenvalue weighted by Crippen LogP contribution is 2.30. The molecule has 1 atom stereocenters. The molecular formula is C27H29FN4O3S. The summed E-state index contributed by atoms with van der Waals surface area (Å²) in [7, 11) is 3.80. The largest absolute Gasteiger partial charge is 0.385 e. The van der Waals surface area contributed by atoms with Crippen LogP contribution in [0.3, 0.4) is 0 Å². The summed E-state index contributed by atoms with van der Waals surface area (Å²) in [6, 6.07) is 11.4. The fourth-order valence-corrected chi connectivity index (χ4v) is 5.62. The number of benzene rings is 1. The number of carbonyl (C=O) groups excluding carboxylic acids is 1. The SMILES string of the molecule is Cc1c(CN(C)CC(O)c2ccccn2)sc2c(=O)c(CC(=O)NCc3ccc(F)cc3)cn(C)c12. The predicted molar refractivity (Wildman–Crippen MR) is 139 cm³/mol. The highest BCUT2D eigenvalue weighted by atomic mass is 32.1. The van der Waals surface area contributed by atoms with Crippen molar-refractivity contribution >= 4 is 27.5 Å². The normalized spacial score (nSPS) is 12.3. The van der Waals surface area contributed by atoms with Gasteiger partial charge in [0.2, 0.25) is 11.3 Å². The van der Waals surface area contributed by atoms with Crippen LogP contribution in [0.5, 0.6) is 0 Å². The number of fused-ring (bicyclic) bond motifs is 1. The number of nitrogens with zero attached hydrogens (tertiary/aromatic N) is 3. The van der Waals surface area contributed by atoms with E-state index in [1.54, 1.807) is 30.6 Å². The number of aliphatic hydroxyl groups excluding tert-OH is 1. The average Bonchev–Trinajstić information content (AvgIpc) is 3.18. The van der Waals surface area contributed by atoms with Crippen LogP contribution in [0.2, 0.25) is 0 Å². The van der Waals surface area contributed by atoms with Gasteiger partial charge in [0.15, 0.2) is 0 Å². The molecule has 0 aliphatic heterocycles. The highest BCUT2D eigenvalue weighted by molar-refractivity contribution is 7.19. The van der Waals surface area contributed by atoms with Crippen molar-refractivity contribution < 1.29 is 14.3 Å². The van der Waals surface area contributed by atoms with Crippen LogP contribution < -0.4 is 10.7 Å². The Hall–Kier alpha value is -3.40. The van der Waals surface area contributed by atoms with E-state index in [-0.39, 0.29) is 30.1 Å². The summed E-state index contributed by atoms with van der Waals surface area (Å²) in [5, 5.41) is 13.3. The van der Waals surface area contributed by atoms with E-state index in [4.69, 9.17) is 0 Å². The van der Waals surface area contributed by atoms with E-state index in [9.17, 15) is 19.1 Å². The number of aryl methyl sites for hydroxylation is 2. The molecule has 0 aliphatic rings. The van der Waals surface area contributed by atoms with Gasteiger partial charge in [-0.1, -0.05) is 18.2 Å². The van der Waals surface area contributed by atoms with Crippen LogP contribution in [0, 0.1) is 12.7 Å². The Labute approximate surface area is 212 Å². The molecule has 0 saturated heterocycles. The van der Waals surface area contributed by atoms with Crippen molar-refractivity contribution in [2.24, 2.45) is 7.05 Å². The minimum absolute atomic E-state index is 0.0355. The van der Waals surface area contributed by atoms with Gasteiger partial charge in [-0.15, -0.1) is 11.3 Å². The number of nitrogens with one attached hydrogen (secondary N) is 1. The van der Waals surface area contributed by atoms with Crippen molar-refractivity contribution in [3.63, 3.8) is 0 Å². The van der Waals surface area contributed by atoms with Gasteiger partial charge in [-0.25, -0.2) is 4.39 Å². The second-order valence-electron chi connectivity index (χ2n) is 8.97. The fraction of sp³-hybridized carbons (Fsp3) is 0.296. The Bertz CT molecular complexity index is 1420. The number of hydrogen-bond donors (Lipinski definition) is 2. The molecule has 0 aliphatic carbocycles. The number of aliphatic hydroxyl groups is 1. The number of hydrogen-bond acceptors (Lipinski definition) is 6. The quantitative estimate of drug-likeness (QED) is 0.362. The Morgan fingerprint density at radius 3 is 2.69 bits per heavy atom. The Morgan fingerprint density at radius 2 is 2.00 bits per heavy atom. The van der Waals surface area contributed by atoms with Crippen molar-refractivity contribution in [3.05, 3.63) is 98.2 Å². The molecule has 1 aromatic carbocycles. The molecule has 7 nitrogen and oxygen atoms in total. The topological polar surface area (TPSA) is 87.5 Å². The summed E-state index contributed by atoms with van der Waals surface area (Å²) in [4.78, 5) is 33.0. The maximum atomic E-state index is 13.3. The summed E-state index contributed by atoms with van der Waals surface area (Å²) in [5.41, 5.74) is 3.55. The van der Waals surface area contributed by atoms with Gasteiger partial charge < -0.3 is 15.0 Å². The summed E-state index contributed by atoms with van der Waals surface area (Å²) in [5.74, 6) is -0.601. The molecule has 3 heterocycles. The van der Waals surface area contributed by atoms with E-state index in [1.807, 2.05) is 42.6 Å². The molecule has 1 amide bonds. The second kappa shape index (κ2) is 11.1. The van der Waals surface area contributed by atoms with Gasteiger partial charge in [-0.3, -0.25) is 19.5 Å². The number of pyridine rings is 2. The first-order valence-electron chi connectivity index (χ1n) is 11.6. The van der Waals surface area contributed by atoms with E-state index < -0.39 is 6.10 Å². The van der Waals surface area contributed by atoms with Gasteiger partial charge in [0, 0.05) is 49.5 Å². The van der Waals surface area contributed by atoms with Gasteiger partial charge in [0.1, 0.15) is 11.9 Å². The zero-order valence-electron chi connectivity index (χ0n) is 20.5. The van der Waals surface area contributed by atoms with Crippen LogP contribution >= 0.6 is 11.3 Å². The van der Waals surface area contributed by atoms with Gasteiger partial charge in [-0.2, -0.15) is 0 Å². The Balaban J connectivity index is 1.47. The fourth-order valence-electron chi connectivity index (χ4n) is 4.22. The molecule has 0 bridgehead atoms. The maximum Gasteiger partial charge on any atom is 0.224 e. The van der Waals surface area contributed by atoms with Crippen molar-refractivity contribution in [1.82, 2.24) is 19.8 Å². The molecule has 9 heteroatoms. The van der Waals surface area contributed by atoms with E-state index in [0.717, 1.165) is 21.5 Å². The molecule has 0 saturated carbocycles. The number of likely N-dealkylation sites (N-methyl/N-ethyl adjacent to an activating group) is 1. The Kier molecular flexibility index (Phi) is 7.93. The zero-order chi connectivity index (χ0) is 25.8. The summed E-state index contributed by atoms with van der Waals surface area (Å²) >= 11 is 1.43. The molecule has 1 unspecified atom stereocenters. The highest BCUT2D eigenvalue weighted by Gasteiger charge is 2.19. The van der Waals surface area contributed by atoms with Crippen molar-refractivity contribution in [2.75, 3.05) is 13.6 Å².